The van der Waals surface area contributed by atoms with Crippen molar-refractivity contribution in [3.8, 4) is 0 Å². The van der Waals surface area contributed by atoms with Crippen LogP contribution in [0.2, 0.25) is 0 Å². The van der Waals surface area contributed by atoms with E-state index in [1.54, 1.807) is 0 Å². The number of carbonyl (C=O) groups is 1. The number of hydrogen-bond acceptors (Lipinski definition) is 4. The van der Waals surface area contributed by atoms with Crippen molar-refractivity contribution in [3.63, 3.8) is 0 Å². The summed E-state index contributed by atoms with van der Waals surface area (Å²) in [6.45, 7) is 6.11. The molecule has 1 aliphatic carbocycles. The van der Waals surface area contributed by atoms with E-state index in [0.29, 0.717) is 24.7 Å². The molecular weight excluding hydrogens is 314 g/mol. The fourth-order valence-electron chi connectivity index (χ4n) is 3.48. The molecule has 2 aromatic rings. The number of aromatic nitrogens is 2. The molecule has 1 aliphatic rings. The molecule has 1 amide bonds. The summed E-state index contributed by atoms with van der Waals surface area (Å²) in [6, 6.07) is 8.16. The number of amides is 1. The second-order valence-electron chi connectivity index (χ2n) is 7.21. The van der Waals surface area contributed by atoms with E-state index in [1.165, 1.54) is 18.4 Å². The van der Waals surface area contributed by atoms with Gasteiger partial charge in [0.05, 0.1) is 0 Å². The third-order valence-electron chi connectivity index (χ3n) is 4.84. The third kappa shape index (κ3) is 4.27. The molecule has 0 N–H and O–H groups in total. The molecule has 0 bridgehead atoms. The average molecular weight is 341 g/mol. The zero-order valence-electron chi connectivity index (χ0n) is 15.4. The summed E-state index contributed by atoms with van der Waals surface area (Å²) in [7, 11) is 0. The van der Waals surface area contributed by atoms with Gasteiger partial charge in [0.2, 0.25) is 17.7 Å². The summed E-state index contributed by atoms with van der Waals surface area (Å²) in [6.07, 6.45) is 5.61. The molecular formula is C20H27N3O2. The minimum Gasteiger partial charge on any atom is -0.425 e. The Kier molecular flexibility index (Phi) is 5.51. The molecule has 0 saturated heterocycles. The van der Waals surface area contributed by atoms with Crippen molar-refractivity contribution in [3.05, 3.63) is 41.6 Å². The Balaban J connectivity index is 1.62. The Hall–Kier alpha value is -2.17. The van der Waals surface area contributed by atoms with Crippen molar-refractivity contribution in [1.82, 2.24) is 10.2 Å². The second-order valence-corrected chi connectivity index (χ2v) is 7.21. The predicted molar refractivity (Wildman–Crippen MR) is 97.6 cm³/mol. The smallest absolute Gasteiger partial charge is 0.227 e. The van der Waals surface area contributed by atoms with Crippen LogP contribution in [0.1, 0.15) is 69.2 Å². The van der Waals surface area contributed by atoms with Gasteiger partial charge in [0.15, 0.2) is 0 Å². The number of carbonyl (C=O) groups excluding carboxylic acids is 1. The van der Waals surface area contributed by atoms with Gasteiger partial charge in [-0.2, -0.15) is 0 Å². The van der Waals surface area contributed by atoms with E-state index >= 15 is 0 Å². The number of hydrogen-bond donors (Lipinski definition) is 0. The number of benzene rings is 1. The first-order valence-corrected chi connectivity index (χ1v) is 9.25. The maximum atomic E-state index is 12.7. The van der Waals surface area contributed by atoms with Crippen molar-refractivity contribution in [2.75, 3.05) is 4.90 Å². The van der Waals surface area contributed by atoms with Crippen LogP contribution in [-0.2, 0) is 11.2 Å². The highest BCUT2D eigenvalue weighted by Crippen LogP contribution is 2.33. The Morgan fingerprint density at radius 3 is 2.52 bits per heavy atom. The molecule has 0 aliphatic heterocycles. The molecule has 1 fully saturated rings. The fourth-order valence-corrected chi connectivity index (χ4v) is 3.48. The number of anilines is 1. The summed E-state index contributed by atoms with van der Waals surface area (Å²) in [5.74, 6) is 1.82. The minimum atomic E-state index is 0.0828. The minimum absolute atomic E-state index is 0.0828. The molecule has 1 aromatic carbocycles. The van der Waals surface area contributed by atoms with E-state index in [4.69, 9.17) is 4.42 Å². The Bertz CT molecular complexity index is 700. The Labute approximate surface area is 149 Å². The van der Waals surface area contributed by atoms with Crippen LogP contribution in [0.25, 0.3) is 0 Å². The third-order valence-corrected chi connectivity index (χ3v) is 4.84. The van der Waals surface area contributed by atoms with Crippen LogP contribution >= 0.6 is 0 Å². The molecule has 25 heavy (non-hydrogen) atoms. The predicted octanol–water partition coefficient (Wildman–Crippen LogP) is 4.41. The lowest BCUT2D eigenvalue weighted by Gasteiger charge is -2.27. The summed E-state index contributed by atoms with van der Waals surface area (Å²) >= 11 is 0. The fraction of sp³-hybridized carbons (Fsp3) is 0.550. The van der Waals surface area contributed by atoms with Crippen LogP contribution in [0.4, 0.5) is 5.69 Å². The van der Waals surface area contributed by atoms with E-state index in [-0.39, 0.29) is 11.9 Å². The lowest BCUT2D eigenvalue weighted by molar-refractivity contribution is -0.119. The number of aryl methyl sites for hydroxylation is 2. The zero-order valence-corrected chi connectivity index (χ0v) is 15.4. The summed E-state index contributed by atoms with van der Waals surface area (Å²) in [5.41, 5.74) is 2.12. The van der Waals surface area contributed by atoms with Crippen LogP contribution in [0.15, 0.2) is 28.7 Å². The van der Waals surface area contributed by atoms with Gasteiger partial charge in [-0.1, -0.05) is 30.5 Å². The van der Waals surface area contributed by atoms with Gasteiger partial charge >= 0.3 is 0 Å². The highest BCUT2D eigenvalue weighted by molar-refractivity contribution is 5.93. The maximum Gasteiger partial charge on any atom is 0.227 e. The van der Waals surface area contributed by atoms with Gasteiger partial charge in [0, 0.05) is 30.5 Å². The van der Waals surface area contributed by atoms with Crippen molar-refractivity contribution >= 4 is 11.6 Å². The Morgan fingerprint density at radius 2 is 1.88 bits per heavy atom. The van der Waals surface area contributed by atoms with Crippen molar-refractivity contribution in [2.24, 2.45) is 0 Å². The highest BCUT2D eigenvalue weighted by atomic mass is 16.4. The molecule has 3 rings (SSSR count). The molecule has 0 radical (unpaired) electrons. The van der Waals surface area contributed by atoms with E-state index in [2.05, 4.69) is 10.2 Å². The second kappa shape index (κ2) is 7.81. The standard InChI is InChI=1S/C20H27N3O2/c1-14(2)23(17-10-8-15(3)9-11-17)19(24)13-12-18-21-22-20(25-18)16-6-4-5-7-16/h8-11,14,16H,4-7,12-13H2,1-3H3. The molecule has 5 heteroatoms. The van der Waals surface area contributed by atoms with Gasteiger partial charge in [0.25, 0.3) is 0 Å². The van der Waals surface area contributed by atoms with Crippen molar-refractivity contribution in [2.45, 2.75) is 71.3 Å². The van der Waals surface area contributed by atoms with E-state index in [1.807, 2.05) is 49.9 Å². The first kappa shape index (κ1) is 17.6. The lowest BCUT2D eigenvalue weighted by Crippen LogP contribution is -2.37. The Morgan fingerprint density at radius 1 is 1.20 bits per heavy atom. The monoisotopic (exact) mass is 341 g/mol. The van der Waals surface area contributed by atoms with Crippen LogP contribution in [0.5, 0.6) is 0 Å². The van der Waals surface area contributed by atoms with E-state index < -0.39 is 0 Å². The average Bonchev–Trinajstić information content (AvgIpc) is 3.26. The molecule has 1 heterocycles. The van der Waals surface area contributed by atoms with Gasteiger partial charge in [0.1, 0.15) is 0 Å². The summed E-state index contributed by atoms with van der Waals surface area (Å²) in [5, 5.41) is 8.32. The van der Waals surface area contributed by atoms with Gasteiger partial charge in [-0.15, -0.1) is 10.2 Å². The molecule has 134 valence electrons. The highest BCUT2D eigenvalue weighted by Gasteiger charge is 2.24. The summed E-state index contributed by atoms with van der Waals surface area (Å²) in [4.78, 5) is 14.6. The largest absolute Gasteiger partial charge is 0.425 e. The van der Waals surface area contributed by atoms with Crippen LogP contribution < -0.4 is 4.90 Å². The molecule has 0 unspecified atom stereocenters. The molecule has 0 spiro atoms. The molecule has 0 atom stereocenters. The molecule has 5 nitrogen and oxygen atoms in total. The van der Waals surface area contributed by atoms with Crippen LogP contribution in [0, 0.1) is 6.92 Å². The molecule has 1 saturated carbocycles. The number of rotatable bonds is 6. The quantitative estimate of drug-likeness (QED) is 0.781. The van der Waals surface area contributed by atoms with Crippen molar-refractivity contribution < 1.29 is 9.21 Å². The van der Waals surface area contributed by atoms with Crippen molar-refractivity contribution in [1.29, 1.82) is 0 Å². The lowest BCUT2D eigenvalue weighted by atomic mass is 10.1. The van der Waals surface area contributed by atoms with Gasteiger partial charge in [-0.3, -0.25) is 4.79 Å². The van der Waals surface area contributed by atoms with Gasteiger partial charge < -0.3 is 9.32 Å². The van der Waals surface area contributed by atoms with Gasteiger partial charge in [-0.05, 0) is 45.7 Å². The normalized spacial score (nSPS) is 15.0. The zero-order chi connectivity index (χ0) is 17.8. The van der Waals surface area contributed by atoms with Crippen LogP contribution in [-0.4, -0.2) is 22.1 Å². The first-order chi connectivity index (χ1) is 12.0. The maximum absolute atomic E-state index is 12.7. The molecule has 1 aromatic heterocycles. The van der Waals surface area contributed by atoms with E-state index in [0.717, 1.165) is 24.4 Å². The van der Waals surface area contributed by atoms with Gasteiger partial charge in [-0.25, -0.2) is 0 Å². The first-order valence-electron chi connectivity index (χ1n) is 9.25. The van der Waals surface area contributed by atoms with Crippen LogP contribution in [0.3, 0.4) is 0 Å². The number of nitrogens with zero attached hydrogens (tertiary/aromatic N) is 3. The topological polar surface area (TPSA) is 59.2 Å². The van der Waals surface area contributed by atoms with E-state index in [9.17, 15) is 4.79 Å². The summed E-state index contributed by atoms with van der Waals surface area (Å²) < 4.78 is 5.79. The SMILES string of the molecule is Cc1ccc(N(C(=O)CCc2nnc(C3CCCC3)o2)C(C)C)cc1.